The number of carbonyl (C=O) groups excluding carboxylic acids is 2. The summed E-state index contributed by atoms with van der Waals surface area (Å²) < 4.78 is 1.37. The van der Waals surface area contributed by atoms with Gasteiger partial charge >= 0.3 is 0 Å². The lowest BCUT2D eigenvalue weighted by molar-refractivity contribution is -0.154. The minimum Gasteiger partial charge on any atom is -0.286 e. The molecule has 2 rings (SSSR count). The van der Waals surface area contributed by atoms with Crippen molar-refractivity contribution in [3.05, 3.63) is 18.1 Å². The van der Waals surface area contributed by atoms with Gasteiger partial charge < -0.3 is 0 Å². The van der Waals surface area contributed by atoms with Crippen LogP contribution in [0.25, 0.3) is 5.78 Å². The Morgan fingerprint density at radius 2 is 2.24 bits per heavy atom. The number of nitrogens with two attached hydrogens (primary N) is 1. The zero-order valence-electron chi connectivity index (χ0n) is 14.4. The lowest BCUT2D eigenvalue weighted by Crippen LogP contribution is -2.46. The highest BCUT2D eigenvalue weighted by atomic mass is 16.5. The second-order valence-corrected chi connectivity index (χ2v) is 5.86. The molecule has 0 bridgehead atoms. The van der Waals surface area contributed by atoms with E-state index in [0.717, 1.165) is 24.3 Å². The first kappa shape index (κ1) is 18.7. The molecule has 0 aromatic carbocycles. The first-order valence-electron chi connectivity index (χ1n) is 8.14. The van der Waals surface area contributed by atoms with Gasteiger partial charge in [-0.2, -0.15) is 14.6 Å². The summed E-state index contributed by atoms with van der Waals surface area (Å²) >= 11 is 0. The van der Waals surface area contributed by atoms with Crippen LogP contribution in [0.1, 0.15) is 38.3 Å². The Bertz CT molecular complexity index is 733. The molecule has 2 amide bonds. The zero-order chi connectivity index (χ0) is 18.4. The number of rotatable bonds is 9. The van der Waals surface area contributed by atoms with Crippen molar-refractivity contribution < 1.29 is 14.8 Å². The minimum atomic E-state index is -0.626. The number of amides is 2. The maximum absolute atomic E-state index is 12.8. The predicted molar refractivity (Wildman–Crippen MR) is 89.4 cm³/mol. The molecule has 10 nitrogen and oxygen atoms in total. The molecular weight excluding hydrogens is 326 g/mol. The average molecular weight is 349 g/mol. The van der Waals surface area contributed by atoms with Crippen molar-refractivity contribution in [2.45, 2.75) is 39.5 Å². The number of nitrogens with zero attached hydrogens (tertiary/aromatic N) is 6. The van der Waals surface area contributed by atoms with E-state index in [2.05, 4.69) is 22.0 Å². The molecule has 2 heterocycles. The summed E-state index contributed by atoms with van der Waals surface area (Å²) in [5, 5.41) is 15.0. The van der Waals surface area contributed by atoms with Gasteiger partial charge in [-0.05, 0) is 13.3 Å². The van der Waals surface area contributed by atoms with Gasteiger partial charge in [0.15, 0.2) is 5.82 Å². The summed E-state index contributed by atoms with van der Waals surface area (Å²) in [7, 11) is 0. The van der Waals surface area contributed by atoms with Crippen molar-refractivity contribution in [1.29, 1.82) is 0 Å². The Morgan fingerprint density at radius 3 is 2.92 bits per heavy atom. The van der Waals surface area contributed by atoms with Crippen LogP contribution in [0.3, 0.4) is 0 Å². The lowest BCUT2D eigenvalue weighted by atomic mass is 10.00. The number of aryl methyl sites for hydroxylation is 1. The molecule has 0 radical (unpaired) electrons. The summed E-state index contributed by atoms with van der Waals surface area (Å²) in [5.74, 6) is 5.64. The summed E-state index contributed by atoms with van der Waals surface area (Å²) in [6.07, 6.45) is 4.84. The van der Waals surface area contributed by atoms with Gasteiger partial charge in [-0.1, -0.05) is 26.2 Å². The molecule has 0 aliphatic rings. The molecule has 136 valence electrons. The molecule has 0 fully saturated rings. The highest BCUT2D eigenvalue weighted by molar-refractivity contribution is 5.93. The highest BCUT2D eigenvalue weighted by Gasteiger charge is 2.27. The van der Waals surface area contributed by atoms with E-state index in [1.165, 1.54) is 10.8 Å². The molecule has 0 saturated carbocycles. The van der Waals surface area contributed by atoms with E-state index >= 15 is 0 Å². The number of hydrazine groups is 1. The summed E-state index contributed by atoms with van der Waals surface area (Å²) in [6.45, 7) is 3.69. The highest BCUT2D eigenvalue weighted by Crippen LogP contribution is 2.19. The number of hydroxylamine groups is 2. The monoisotopic (exact) mass is 349 g/mol. The molecule has 0 spiro atoms. The Hall–Kier alpha value is -2.59. The van der Waals surface area contributed by atoms with Crippen LogP contribution in [-0.4, -0.2) is 48.7 Å². The quantitative estimate of drug-likeness (QED) is 0.170. The third-order valence-corrected chi connectivity index (χ3v) is 3.88. The van der Waals surface area contributed by atoms with Crippen LogP contribution in [0.15, 0.2) is 12.4 Å². The van der Waals surface area contributed by atoms with E-state index in [0.29, 0.717) is 28.8 Å². The Balaban J connectivity index is 2.26. The third kappa shape index (κ3) is 4.48. The van der Waals surface area contributed by atoms with Crippen LogP contribution in [-0.2, 0) is 9.59 Å². The van der Waals surface area contributed by atoms with E-state index in [1.54, 1.807) is 13.0 Å². The van der Waals surface area contributed by atoms with Crippen molar-refractivity contribution in [1.82, 2.24) is 24.6 Å². The van der Waals surface area contributed by atoms with Crippen LogP contribution in [0.5, 0.6) is 0 Å². The summed E-state index contributed by atoms with van der Waals surface area (Å²) in [5.41, 5.74) is 0.637. The Kier molecular flexibility index (Phi) is 6.37. The van der Waals surface area contributed by atoms with Crippen molar-refractivity contribution >= 4 is 23.9 Å². The zero-order valence-corrected chi connectivity index (χ0v) is 14.4. The predicted octanol–water partition coefficient (Wildman–Crippen LogP) is 0.684. The Labute approximate surface area is 145 Å². The normalized spacial score (nSPS) is 12.2. The smallest absolute Gasteiger partial charge is 0.254 e. The molecule has 25 heavy (non-hydrogen) atoms. The second kappa shape index (κ2) is 8.49. The first-order valence-corrected chi connectivity index (χ1v) is 8.14. The van der Waals surface area contributed by atoms with E-state index in [1.807, 2.05) is 0 Å². The van der Waals surface area contributed by atoms with E-state index in [-0.39, 0.29) is 13.0 Å². The molecule has 2 aromatic rings. The molecule has 3 N–H and O–H groups in total. The molecule has 0 saturated heterocycles. The van der Waals surface area contributed by atoms with Crippen LogP contribution in [0.2, 0.25) is 0 Å². The lowest BCUT2D eigenvalue weighted by Gasteiger charge is -2.25. The summed E-state index contributed by atoms with van der Waals surface area (Å²) in [6, 6.07) is 1.62. The van der Waals surface area contributed by atoms with E-state index < -0.39 is 11.8 Å². The van der Waals surface area contributed by atoms with Crippen molar-refractivity contribution in [3.8, 4) is 0 Å². The van der Waals surface area contributed by atoms with Gasteiger partial charge in [0, 0.05) is 11.8 Å². The van der Waals surface area contributed by atoms with Crippen LogP contribution in [0.4, 0.5) is 5.82 Å². The maximum atomic E-state index is 12.8. The fraction of sp³-hybridized carbons (Fsp3) is 0.533. The maximum Gasteiger partial charge on any atom is 0.254 e. The standard InChI is InChI=1S/C15H23N7O3/c1-3-4-5-6-12(8-20(25)10-23)14(24)21(16)13-7-11(2)19-15-17-9-18-22(13)15/h7,9-10,12,25H,3-6,8,16H2,1-2H3. The molecule has 2 aromatic heterocycles. The van der Waals surface area contributed by atoms with Gasteiger partial charge in [-0.3, -0.25) is 14.8 Å². The van der Waals surface area contributed by atoms with Crippen LogP contribution in [0, 0.1) is 12.8 Å². The van der Waals surface area contributed by atoms with Gasteiger partial charge in [-0.25, -0.2) is 20.9 Å². The number of carbonyl (C=O) groups is 2. The molecule has 10 heteroatoms. The van der Waals surface area contributed by atoms with E-state index in [9.17, 15) is 14.8 Å². The fourth-order valence-electron chi connectivity index (χ4n) is 2.59. The van der Waals surface area contributed by atoms with Crippen LogP contribution < -0.4 is 10.9 Å². The fourth-order valence-corrected chi connectivity index (χ4v) is 2.59. The Morgan fingerprint density at radius 1 is 1.48 bits per heavy atom. The largest absolute Gasteiger partial charge is 0.286 e. The van der Waals surface area contributed by atoms with Crippen molar-refractivity contribution in [2.24, 2.45) is 11.8 Å². The van der Waals surface area contributed by atoms with Crippen molar-refractivity contribution in [3.63, 3.8) is 0 Å². The van der Waals surface area contributed by atoms with Gasteiger partial charge in [0.05, 0.1) is 12.5 Å². The number of fused-ring (bicyclic) bond motifs is 1. The number of hydrogen-bond donors (Lipinski definition) is 2. The molecular formula is C15H23N7O3. The topological polar surface area (TPSA) is 130 Å². The van der Waals surface area contributed by atoms with Crippen molar-refractivity contribution in [2.75, 3.05) is 11.6 Å². The number of unbranched alkanes of at least 4 members (excludes halogenated alkanes) is 2. The molecule has 1 unspecified atom stereocenters. The number of aromatic nitrogens is 4. The first-order chi connectivity index (χ1) is 12.0. The van der Waals surface area contributed by atoms with E-state index in [4.69, 9.17) is 5.84 Å². The molecule has 1 atom stereocenters. The molecule has 0 aliphatic carbocycles. The van der Waals surface area contributed by atoms with Gasteiger partial charge in [-0.15, -0.1) is 0 Å². The molecule has 0 aliphatic heterocycles. The minimum absolute atomic E-state index is 0.121. The van der Waals surface area contributed by atoms with Gasteiger partial charge in [0.2, 0.25) is 12.3 Å². The third-order valence-electron chi connectivity index (χ3n) is 3.88. The van der Waals surface area contributed by atoms with Gasteiger partial charge in [0.25, 0.3) is 5.78 Å². The second-order valence-electron chi connectivity index (χ2n) is 5.86. The SMILES string of the molecule is CCCCCC(CN(O)C=O)C(=O)N(N)c1cc(C)nc2ncnn12. The van der Waals surface area contributed by atoms with Crippen LogP contribution >= 0.6 is 0 Å². The average Bonchev–Trinajstić information content (AvgIpc) is 3.07. The number of anilines is 1. The number of hydrogen-bond acceptors (Lipinski definition) is 7. The van der Waals surface area contributed by atoms with Gasteiger partial charge in [0.1, 0.15) is 6.33 Å². The summed E-state index contributed by atoms with van der Waals surface area (Å²) in [4.78, 5) is 31.7.